The number of amides is 2. The minimum absolute atomic E-state index is 0.0532. The van der Waals surface area contributed by atoms with E-state index >= 15 is 0 Å². The third-order valence-electron chi connectivity index (χ3n) is 5.14. The molecular weight excluding hydrogens is 366 g/mol. The van der Waals surface area contributed by atoms with Gasteiger partial charge >= 0.3 is 0 Å². The van der Waals surface area contributed by atoms with Gasteiger partial charge in [0.05, 0.1) is 25.9 Å². The number of aromatic nitrogens is 1. The summed E-state index contributed by atoms with van der Waals surface area (Å²) in [5.41, 5.74) is 1.04. The zero-order valence-electron chi connectivity index (χ0n) is 18.1. The van der Waals surface area contributed by atoms with Crippen LogP contribution in [0.15, 0.2) is 41.1 Å². The number of aryl methyl sites for hydroxylation is 1. The van der Waals surface area contributed by atoms with Crippen molar-refractivity contribution in [2.75, 3.05) is 13.1 Å². The number of furan rings is 1. The Kier molecular flexibility index (Phi) is 9.54. The number of unbranched alkanes of at least 4 members (excludes halogenated alkanes) is 3. The Morgan fingerprint density at radius 2 is 1.76 bits per heavy atom. The molecule has 6 nitrogen and oxygen atoms in total. The Morgan fingerprint density at radius 1 is 0.966 bits per heavy atom. The van der Waals surface area contributed by atoms with Gasteiger partial charge in [-0.3, -0.25) is 9.59 Å². The molecule has 0 aromatic carbocycles. The first-order chi connectivity index (χ1) is 14.0. The molecule has 0 aliphatic carbocycles. The fraction of sp³-hybridized carbons (Fsp3) is 0.565. The Bertz CT molecular complexity index is 736. The highest BCUT2D eigenvalue weighted by Gasteiger charge is 2.22. The first kappa shape index (κ1) is 22.8. The van der Waals surface area contributed by atoms with Crippen LogP contribution in [0.25, 0.3) is 0 Å². The molecule has 29 heavy (non-hydrogen) atoms. The number of rotatable bonds is 13. The van der Waals surface area contributed by atoms with Gasteiger partial charge in [0, 0.05) is 31.9 Å². The quantitative estimate of drug-likeness (QED) is 0.469. The molecule has 2 amide bonds. The number of carbonyl (C=O) groups excluding carboxylic acids is 2. The van der Waals surface area contributed by atoms with Crippen LogP contribution in [0.5, 0.6) is 0 Å². The van der Waals surface area contributed by atoms with Gasteiger partial charge in [-0.25, -0.2) is 0 Å². The predicted octanol–water partition coefficient (Wildman–Crippen LogP) is 4.36. The molecule has 0 bridgehead atoms. The highest BCUT2D eigenvalue weighted by Crippen LogP contribution is 2.13. The van der Waals surface area contributed by atoms with Crippen molar-refractivity contribution in [3.63, 3.8) is 0 Å². The van der Waals surface area contributed by atoms with Crippen molar-refractivity contribution < 1.29 is 14.0 Å². The average Bonchev–Trinajstić information content (AvgIpc) is 3.36. The Balaban J connectivity index is 2.08. The second kappa shape index (κ2) is 12.1. The minimum atomic E-state index is -0.0532. The molecule has 2 heterocycles. The lowest BCUT2D eigenvalue weighted by atomic mass is 10.2. The van der Waals surface area contributed by atoms with E-state index in [1.165, 1.54) is 0 Å². The van der Waals surface area contributed by atoms with Gasteiger partial charge in [-0.15, -0.1) is 0 Å². The molecule has 6 heteroatoms. The molecular formula is C23H35N3O3. The summed E-state index contributed by atoms with van der Waals surface area (Å²) < 4.78 is 7.47. The van der Waals surface area contributed by atoms with E-state index in [0.29, 0.717) is 26.1 Å². The van der Waals surface area contributed by atoms with Crippen LogP contribution in [-0.4, -0.2) is 39.3 Å². The second-order valence-electron chi connectivity index (χ2n) is 7.57. The van der Waals surface area contributed by atoms with E-state index in [2.05, 4.69) is 13.8 Å². The molecule has 2 aromatic heterocycles. The zero-order valence-corrected chi connectivity index (χ0v) is 18.1. The number of hydrogen-bond acceptors (Lipinski definition) is 3. The molecule has 0 unspecified atom stereocenters. The summed E-state index contributed by atoms with van der Waals surface area (Å²) >= 11 is 0. The van der Waals surface area contributed by atoms with Gasteiger partial charge in [0.2, 0.25) is 11.8 Å². The van der Waals surface area contributed by atoms with E-state index in [9.17, 15) is 9.59 Å². The Labute approximate surface area is 174 Å². The molecule has 0 N–H and O–H groups in total. The van der Waals surface area contributed by atoms with E-state index in [4.69, 9.17) is 4.42 Å². The molecule has 2 rings (SSSR count). The normalized spacial score (nSPS) is 10.9. The lowest BCUT2D eigenvalue weighted by Gasteiger charge is -2.27. The maximum Gasteiger partial charge on any atom is 0.242 e. The van der Waals surface area contributed by atoms with Crippen molar-refractivity contribution in [1.82, 2.24) is 14.4 Å². The van der Waals surface area contributed by atoms with Crippen molar-refractivity contribution in [3.8, 4) is 0 Å². The lowest BCUT2D eigenvalue weighted by Crippen LogP contribution is -2.43. The van der Waals surface area contributed by atoms with Gasteiger partial charge in [-0.05, 0) is 37.1 Å². The van der Waals surface area contributed by atoms with Crippen molar-refractivity contribution in [1.29, 1.82) is 0 Å². The molecule has 0 fully saturated rings. The molecule has 0 radical (unpaired) electrons. The number of carbonyl (C=O) groups is 2. The van der Waals surface area contributed by atoms with Crippen LogP contribution in [-0.2, 0) is 29.7 Å². The summed E-state index contributed by atoms with van der Waals surface area (Å²) in [6.07, 6.45) is 9.00. The SMILES string of the molecule is CCCCCC(=O)N(CCCC)CC(=O)N(Cc1ccco1)Cc1cccn1C. The summed E-state index contributed by atoms with van der Waals surface area (Å²) in [7, 11) is 1.97. The highest BCUT2D eigenvalue weighted by atomic mass is 16.3. The van der Waals surface area contributed by atoms with E-state index in [-0.39, 0.29) is 18.4 Å². The van der Waals surface area contributed by atoms with Gasteiger partial charge in [-0.2, -0.15) is 0 Å². The maximum atomic E-state index is 13.2. The van der Waals surface area contributed by atoms with E-state index < -0.39 is 0 Å². The van der Waals surface area contributed by atoms with Crippen LogP contribution in [0.3, 0.4) is 0 Å². The number of hydrogen-bond donors (Lipinski definition) is 0. The predicted molar refractivity (Wildman–Crippen MR) is 114 cm³/mol. The van der Waals surface area contributed by atoms with Crippen molar-refractivity contribution in [2.24, 2.45) is 7.05 Å². The van der Waals surface area contributed by atoms with E-state index in [0.717, 1.165) is 43.6 Å². The topological polar surface area (TPSA) is 58.7 Å². The fourth-order valence-corrected chi connectivity index (χ4v) is 3.27. The van der Waals surface area contributed by atoms with Crippen molar-refractivity contribution in [3.05, 3.63) is 48.2 Å². The van der Waals surface area contributed by atoms with Crippen LogP contribution >= 0.6 is 0 Å². The van der Waals surface area contributed by atoms with Crippen LogP contribution in [0.4, 0.5) is 0 Å². The fourth-order valence-electron chi connectivity index (χ4n) is 3.27. The first-order valence-electron chi connectivity index (χ1n) is 10.7. The Morgan fingerprint density at radius 3 is 2.38 bits per heavy atom. The van der Waals surface area contributed by atoms with Crippen LogP contribution < -0.4 is 0 Å². The molecule has 0 atom stereocenters. The smallest absolute Gasteiger partial charge is 0.242 e. The van der Waals surface area contributed by atoms with Crippen molar-refractivity contribution in [2.45, 2.75) is 65.5 Å². The van der Waals surface area contributed by atoms with Crippen LogP contribution in [0, 0.1) is 0 Å². The Hall–Kier alpha value is -2.50. The van der Waals surface area contributed by atoms with Gasteiger partial charge in [0.1, 0.15) is 5.76 Å². The van der Waals surface area contributed by atoms with Gasteiger partial charge in [0.25, 0.3) is 0 Å². The first-order valence-corrected chi connectivity index (χ1v) is 10.7. The molecule has 0 aliphatic heterocycles. The molecule has 160 valence electrons. The largest absolute Gasteiger partial charge is 0.467 e. The minimum Gasteiger partial charge on any atom is -0.467 e. The van der Waals surface area contributed by atoms with Crippen LogP contribution in [0.2, 0.25) is 0 Å². The van der Waals surface area contributed by atoms with Crippen LogP contribution in [0.1, 0.15) is 63.8 Å². The average molecular weight is 402 g/mol. The zero-order chi connectivity index (χ0) is 21.1. The van der Waals surface area contributed by atoms with Gasteiger partial charge in [0.15, 0.2) is 0 Å². The third kappa shape index (κ3) is 7.44. The summed E-state index contributed by atoms with van der Waals surface area (Å²) in [6.45, 7) is 5.85. The summed E-state index contributed by atoms with van der Waals surface area (Å²) in [5, 5.41) is 0. The molecule has 0 saturated heterocycles. The van der Waals surface area contributed by atoms with E-state index in [1.807, 2.05) is 42.1 Å². The molecule has 0 spiro atoms. The highest BCUT2D eigenvalue weighted by molar-refractivity contribution is 5.84. The third-order valence-corrected chi connectivity index (χ3v) is 5.14. The molecule has 0 aliphatic rings. The molecule has 2 aromatic rings. The van der Waals surface area contributed by atoms with E-state index in [1.54, 1.807) is 16.1 Å². The lowest BCUT2D eigenvalue weighted by molar-refractivity contribution is -0.141. The summed E-state index contributed by atoms with van der Waals surface area (Å²) in [4.78, 5) is 29.4. The van der Waals surface area contributed by atoms with Crippen molar-refractivity contribution >= 4 is 11.8 Å². The van der Waals surface area contributed by atoms with Gasteiger partial charge in [-0.1, -0.05) is 33.1 Å². The number of nitrogens with zero attached hydrogens (tertiary/aromatic N) is 3. The monoisotopic (exact) mass is 401 g/mol. The molecule has 0 saturated carbocycles. The second-order valence-corrected chi connectivity index (χ2v) is 7.57. The summed E-state index contributed by atoms with van der Waals surface area (Å²) in [6, 6.07) is 7.67. The maximum absolute atomic E-state index is 13.2. The summed E-state index contributed by atoms with van der Waals surface area (Å²) in [5.74, 6) is 0.765. The standard InChI is InChI=1S/C23H35N3O3/c1-4-6-8-13-22(27)25(15-7-5-2)19-23(28)26(18-21-12-10-16-29-21)17-20-11-9-14-24(20)3/h9-12,14,16H,4-8,13,15,17-19H2,1-3H3. The van der Waals surface area contributed by atoms with Gasteiger partial charge < -0.3 is 18.8 Å².